The van der Waals surface area contributed by atoms with E-state index in [1.807, 2.05) is 65.6 Å². The standard InChI is InChI=1S/C33H21BrN2O5/c34-22-15-12-20(13-16-22)28-29(30(37)21-7-5-8-23(18-21)36(40)41)35-26-11-4-1-6-19(26)14-17-27(35)33(28)31(38)24-9-2-3-10-25(24)32(33)39/h1-18,27-29H/t27?,28-,29+/m0/s1. The summed E-state index contributed by atoms with van der Waals surface area (Å²) in [6.45, 7) is 0. The van der Waals surface area contributed by atoms with Crippen LogP contribution in [0.3, 0.4) is 0 Å². The van der Waals surface area contributed by atoms with Gasteiger partial charge in [-0.3, -0.25) is 24.5 Å². The minimum atomic E-state index is -1.62. The van der Waals surface area contributed by atoms with Crippen LogP contribution in [0.1, 0.15) is 48.1 Å². The summed E-state index contributed by atoms with van der Waals surface area (Å²) in [4.78, 5) is 56.8. The van der Waals surface area contributed by atoms with E-state index >= 15 is 0 Å². The smallest absolute Gasteiger partial charge is 0.270 e. The molecule has 4 aromatic carbocycles. The first-order chi connectivity index (χ1) is 19.8. The van der Waals surface area contributed by atoms with E-state index < -0.39 is 34.1 Å². The molecular weight excluding hydrogens is 584 g/mol. The van der Waals surface area contributed by atoms with Crippen molar-refractivity contribution < 1.29 is 19.3 Å². The maximum absolute atomic E-state index is 14.6. The Morgan fingerprint density at radius 2 is 1.51 bits per heavy atom. The van der Waals surface area contributed by atoms with Gasteiger partial charge in [0, 0.05) is 44.9 Å². The van der Waals surface area contributed by atoms with Crippen molar-refractivity contribution in [1.29, 1.82) is 0 Å². The lowest BCUT2D eigenvalue weighted by atomic mass is 9.64. The van der Waals surface area contributed by atoms with E-state index in [2.05, 4.69) is 15.9 Å². The molecule has 0 amide bonds. The van der Waals surface area contributed by atoms with Crippen molar-refractivity contribution in [3.63, 3.8) is 0 Å². The molecule has 1 spiro atoms. The van der Waals surface area contributed by atoms with Gasteiger partial charge >= 0.3 is 0 Å². The Labute approximate surface area is 243 Å². The number of non-ortho nitro benzene ring substituents is 1. The van der Waals surface area contributed by atoms with E-state index in [1.54, 1.807) is 30.3 Å². The number of hydrogen-bond donors (Lipinski definition) is 0. The fourth-order valence-corrected chi connectivity index (χ4v) is 7.17. The summed E-state index contributed by atoms with van der Waals surface area (Å²) in [5.74, 6) is -1.92. The number of rotatable bonds is 4. The van der Waals surface area contributed by atoms with Gasteiger partial charge in [0.2, 0.25) is 0 Å². The molecule has 3 atom stereocenters. The van der Waals surface area contributed by atoms with Gasteiger partial charge < -0.3 is 4.90 Å². The highest BCUT2D eigenvalue weighted by molar-refractivity contribution is 9.10. The minimum Gasteiger partial charge on any atom is -0.352 e. The van der Waals surface area contributed by atoms with Crippen molar-refractivity contribution in [2.75, 3.05) is 4.90 Å². The second-order valence-corrected chi connectivity index (χ2v) is 11.4. The zero-order valence-corrected chi connectivity index (χ0v) is 23.0. The SMILES string of the molecule is O=C(c1cccc([N+](=O)[O-])c1)[C@H]1[C@H](c2ccc(Br)cc2)C2(C(=O)c3ccccc3C2=O)C2C=Cc3ccccc3N21. The lowest BCUT2D eigenvalue weighted by molar-refractivity contribution is -0.384. The second-order valence-electron chi connectivity index (χ2n) is 10.5. The molecular formula is C33H21BrN2O5. The van der Waals surface area contributed by atoms with Gasteiger partial charge in [-0.05, 0) is 29.3 Å². The highest BCUT2D eigenvalue weighted by atomic mass is 79.9. The Bertz CT molecular complexity index is 1790. The Morgan fingerprint density at radius 3 is 2.20 bits per heavy atom. The van der Waals surface area contributed by atoms with Gasteiger partial charge in [0.15, 0.2) is 17.3 Å². The number of carbonyl (C=O) groups excluding carboxylic acids is 3. The second kappa shape index (κ2) is 9.17. The van der Waals surface area contributed by atoms with Crippen molar-refractivity contribution in [2.45, 2.75) is 18.0 Å². The number of carbonyl (C=O) groups is 3. The normalized spacial score (nSPS) is 21.5. The molecule has 1 saturated heterocycles. The third kappa shape index (κ3) is 3.47. The average Bonchev–Trinajstić information content (AvgIpc) is 3.43. The van der Waals surface area contributed by atoms with E-state index in [0.29, 0.717) is 16.7 Å². The third-order valence-corrected chi connectivity index (χ3v) is 9.08. The van der Waals surface area contributed by atoms with Gasteiger partial charge in [-0.25, -0.2) is 0 Å². The number of nitrogens with zero attached hydrogens (tertiary/aromatic N) is 2. The summed E-state index contributed by atoms with van der Waals surface area (Å²) in [7, 11) is 0. The van der Waals surface area contributed by atoms with Crippen LogP contribution in [0, 0.1) is 15.5 Å². The first-order valence-electron chi connectivity index (χ1n) is 13.1. The summed E-state index contributed by atoms with van der Waals surface area (Å²) in [5, 5.41) is 11.6. The number of halogens is 1. The molecule has 1 aliphatic carbocycles. The highest BCUT2D eigenvalue weighted by Gasteiger charge is 2.71. The van der Waals surface area contributed by atoms with Crippen molar-refractivity contribution in [3.8, 4) is 0 Å². The van der Waals surface area contributed by atoms with Crippen LogP contribution in [0.5, 0.6) is 0 Å². The number of nitro benzene ring substituents is 1. The van der Waals surface area contributed by atoms with Crippen LogP contribution in [0.4, 0.5) is 11.4 Å². The Morgan fingerprint density at radius 1 is 0.854 bits per heavy atom. The molecule has 8 heteroatoms. The molecule has 200 valence electrons. The van der Waals surface area contributed by atoms with Crippen LogP contribution in [0.15, 0.2) is 108 Å². The van der Waals surface area contributed by atoms with Crippen LogP contribution in [0.2, 0.25) is 0 Å². The number of anilines is 1. The number of Topliss-reactive ketones (excluding diaryl/α,β-unsaturated/α-hetero) is 3. The number of ketones is 3. The molecule has 4 aromatic rings. The molecule has 0 radical (unpaired) electrons. The first kappa shape index (κ1) is 25.3. The van der Waals surface area contributed by atoms with Gasteiger partial charge in [0.25, 0.3) is 5.69 Å². The van der Waals surface area contributed by atoms with Gasteiger partial charge in [-0.1, -0.05) is 94.8 Å². The number of benzene rings is 4. The Balaban J connectivity index is 1.54. The van der Waals surface area contributed by atoms with Gasteiger partial charge in [-0.2, -0.15) is 0 Å². The fraction of sp³-hybridized carbons (Fsp3) is 0.121. The largest absolute Gasteiger partial charge is 0.352 e. The molecule has 3 aliphatic rings. The quantitative estimate of drug-likeness (QED) is 0.112. The number of para-hydroxylation sites is 1. The lowest BCUT2D eigenvalue weighted by Gasteiger charge is -2.37. The predicted molar refractivity (Wildman–Crippen MR) is 157 cm³/mol. The molecule has 2 heterocycles. The Hall–Kier alpha value is -4.69. The van der Waals surface area contributed by atoms with Crippen molar-refractivity contribution >= 4 is 50.7 Å². The van der Waals surface area contributed by atoms with Crippen LogP contribution in [-0.4, -0.2) is 34.4 Å². The summed E-state index contributed by atoms with van der Waals surface area (Å²) >= 11 is 3.47. The summed E-state index contributed by atoms with van der Waals surface area (Å²) in [6.07, 6.45) is 3.76. The van der Waals surface area contributed by atoms with E-state index in [0.717, 1.165) is 15.7 Å². The van der Waals surface area contributed by atoms with Crippen molar-refractivity contribution in [1.82, 2.24) is 0 Å². The number of fused-ring (bicyclic) bond motifs is 5. The maximum Gasteiger partial charge on any atom is 0.270 e. The summed E-state index contributed by atoms with van der Waals surface area (Å²) in [5.41, 5.74) is 1.23. The van der Waals surface area contributed by atoms with Crippen LogP contribution in [-0.2, 0) is 0 Å². The van der Waals surface area contributed by atoms with Crippen LogP contribution >= 0.6 is 15.9 Å². The maximum atomic E-state index is 14.6. The highest BCUT2D eigenvalue weighted by Crippen LogP contribution is 2.61. The topological polar surface area (TPSA) is 97.6 Å². The molecule has 1 fully saturated rings. The van der Waals surface area contributed by atoms with Crippen molar-refractivity contribution in [2.24, 2.45) is 5.41 Å². The zero-order chi connectivity index (χ0) is 28.5. The first-order valence-corrected chi connectivity index (χ1v) is 13.9. The van der Waals surface area contributed by atoms with E-state index in [4.69, 9.17) is 0 Å². The lowest BCUT2D eigenvalue weighted by Crippen LogP contribution is -2.48. The summed E-state index contributed by atoms with van der Waals surface area (Å²) < 4.78 is 0.810. The molecule has 7 rings (SSSR count). The fourth-order valence-electron chi connectivity index (χ4n) is 6.90. The van der Waals surface area contributed by atoms with Crippen LogP contribution < -0.4 is 4.90 Å². The molecule has 2 aliphatic heterocycles. The molecule has 0 aromatic heterocycles. The zero-order valence-electron chi connectivity index (χ0n) is 21.4. The van der Waals surface area contributed by atoms with Gasteiger partial charge in [-0.15, -0.1) is 0 Å². The molecule has 0 N–H and O–H groups in total. The molecule has 41 heavy (non-hydrogen) atoms. The van der Waals surface area contributed by atoms with Crippen molar-refractivity contribution in [3.05, 3.63) is 146 Å². The van der Waals surface area contributed by atoms with Crippen LogP contribution in [0.25, 0.3) is 6.08 Å². The van der Waals surface area contributed by atoms with E-state index in [-0.39, 0.29) is 22.8 Å². The molecule has 0 saturated carbocycles. The molecule has 0 bridgehead atoms. The average molecular weight is 605 g/mol. The van der Waals surface area contributed by atoms with Gasteiger partial charge in [0.05, 0.1) is 11.0 Å². The monoisotopic (exact) mass is 604 g/mol. The predicted octanol–water partition coefficient (Wildman–Crippen LogP) is 6.67. The minimum absolute atomic E-state index is 0.143. The summed E-state index contributed by atoms with van der Waals surface area (Å²) in [6, 6.07) is 25.6. The Kier molecular flexibility index (Phi) is 5.66. The molecule has 1 unspecified atom stereocenters. The number of nitro groups is 1. The third-order valence-electron chi connectivity index (χ3n) is 8.55. The van der Waals surface area contributed by atoms with E-state index in [9.17, 15) is 24.5 Å². The molecule has 7 nitrogen and oxygen atoms in total. The van der Waals surface area contributed by atoms with Gasteiger partial charge in [0.1, 0.15) is 11.5 Å². The van der Waals surface area contributed by atoms with E-state index in [1.165, 1.54) is 18.2 Å². The number of hydrogen-bond acceptors (Lipinski definition) is 6.